The molecule has 2 heteroatoms. The minimum absolute atomic E-state index is 0.428. The number of rotatable bonds is 3. The van der Waals surface area contributed by atoms with Gasteiger partial charge >= 0.3 is 0 Å². The summed E-state index contributed by atoms with van der Waals surface area (Å²) in [7, 11) is 0. The normalized spacial score (nSPS) is 33.4. The van der Waals surface area contributed by atoms with Crippen LogP contribution in [0.2, 0.25) is 0 Å². The Labute approximate surface area is 93.2 Å². The van der Waals surface area contributed by atoms with Crippen molar-refractivity contribution in [3.63, 3.8) is 0 Å². The van der Waals surface area contributed by atoms with Gasteiger partial charge in [0.25, 0.3) is 0 Å². The molecule has 0 radical (unpaired) electrons. The lowest BCUT2D eigenvalue weighted by molar-refractivity contribution is 0.0839. The molecule has 2 N–H and O–H groups in total. The lowest BCUT2D eigenvalue weighted by Gasteiger charge is -2.44. The van der Waals surface area contributed by atoms with E-state index in [9.17, 15) is 0 Å². The maximum absolute atomic E-state index is 6.56. The summed E-state index contributed by atoms with van der Waals surface area (Å²) in [5, 5.41) is 0. The third-order valence-corrected chi connectivity index (χ3v) is 4.96. The summed E-state index contributed by atoms with van der Waals surface area (Å²) in [6, 6.07) is 0.484. The maximum Gasteiger partial charge on any atom is 0.0363 e. The fraction of sp³-hybridized carbons (Fsp3) is 1.00. The number of nitrogens with zero attached hydrogens (tertiary/aromatic N) is 1. The lowest BCUT2D eigenvalue weighted by Crippen LogP contribution is -2.58. The van der Waals surface area contributed by atoms with Crippen molar-refractivity contribution in [2.45, 2.75) is 62.9 Å². The summed E-state index contributed by atoms with van der Waals surface area (Å²) < 4.78 is 0. The van der Waals surface area contributed by atoms with Crippen LogP contribution in [0.25, 0.3) is 0 Å². The highest BCUT2D eigenvalue weighted by molar-refractivity contribution is 5.08. The second kappa shape index (κ2) is 3.74. The minimum atomic E-state index is 0.428. The molecular formula is C13H24N2. The highest BCUT2D eigenvalue weighted by Crippen LogP contribution is 2.46. The van der Waals surface area contributed by atoms with E-state index in [1.165, 1.54) is 64.5 Å². The third-order valence-electron chi connectivity index (χ3n) is 4.96. The first-order valence-corrected chi connectivity index (χ1v) is 6.84. The first-order valence-electron chi connectivity index (χ1n) is 6.84. The molecule has 0 aromatic rings. The van der Waals surface area contributed by atoms with Crippen LogP contribution in [0.5, 0.6) is 0 Å². The van der Waals surface area contributed by atoms with Gasteiger partial charge < -0.3 is 5.73 Å². The molecule has 2 nitrogen and oxygen atoms in total. The first-order chi connectivity index (χ1) is 7.33. The van der Waals surface area contributed by atoms with Crippen molar-refractivity contribution in [3.8, 4) is 0 Å². The molecule has 0 bridgehead atoms. The predicted octanol–water partition coefficient (Wildman–Crippen LogP) is 2.13. The Bertz CT molecular complexity index is 219. The molecule has 1 heterocycles. The average Bonchev–Trinajstić information content (AvgIpc) is 2.79. The van der Waals surface area contributed by atoms with Crippen LogP contribution in [0, 0.1) is 5.92 Å². The van der Waals surface area contributed by atoms with Crippen LogP contribution in [-0.4, -0.2) is 29.6 Å². The van der Waals surface area contributed by atoms with E-state index in [1.807, 2.05) is 0 Å². The summed E-state index contributed by atoms with van der Waals surface area (Å²) in [6.07, 6.45) is 11.2. The average molecular weight is 208 g/mol. The zero-order valence-corrected chi connectivity index (χ0v) is 9.75. The van der Waals surface area contributed by atoms with Crippen molar-refractivity contribution < 1.29 is 0 Å². The molecule has 3 fully saturated rings. The van der Waals surface area contributed by atoms with E-state index in [0.717, 1.165) is 5.92 Å². The second-order valence-electron chi connectivity index (χ2n) is 5.87. The summed E-state index contributed by atoms with van der Waals surface area (Å²) in [6.45, 7) is 2.64. The van der Waals surface area contributed by atoms with E-state index >= 15 is 0 Å². The van der Waals surface area contributed by atoms with E-state index in [-0.39, 0.29) is 0 Å². The summed E-state index contributed by atoms with van der Waals surface area (Å²) >= 11 is 0. The predicted molar refractivity (Wildman–Crippen MR) is 62.7 cm³/mol. The fourth-order valence-electron chi connectivity index (χ4n) is 3.90. The van der Waals surface area contributed by atoms with Crippen LogP contribution < -0.4 is 5.73 Å². The van der Waals surface area contributed by atoms with Crippen molar-refractivity contribution >= 4 is 0 Å². The molecule has 3 aliphatic rings. The van der Waals surface area contributed by atoms with Gasteiger partial charge in [-0.1, -0.05) is 12.8 Å². The Hall–Kier alpha value is -0.0800. The monoisotopic (exact) mass is 208 g/mol. The smallest absolute Gasteiger partial charge is 0.0363 e. The topological polar surface area (TPSA) is 29.3 Å². The Morgan fingerprint density at radius 3 is 2.13 bits per heavy atom. The van der Waals surface area contributed by atoms with Crippen molar-refractivity contribution in [3.05, 3.63) is 0 Å². The molecule has 0 amide bonds. The molecule has 1 atom stereocenters. The highest BCUT2D eigenvalue weighted by atomic mass is 15.2. The van der Waals surface area contributed by atoms with Gasteiger partial charge in [0.2, 0.25) is 0 Å². The summed E-state index contributed by atoms with van der Waals surface area (Å²) in [5.74, 6) is 0.865. The molecule has 86 valence electrons. The SMILES string of the molecule is NC(C1CC1)C1(N2CCCC2)CCCC1. The number of hydrogen-bond donors (Lipinski definition) is 1. The third kappa shape index (κ3) is 1.62. The summed E-state index contributed by atoms with van der Waals surface area (Å²) in [4.78, 5) is 2.75. The van der Waals surface area contributed by atoms with Crippen molar-refractivity contribution in [1.82, 2.24) is 4.90 Å². The zero-order chi connectivity index (χ0) is 10.3. The van der Waals surface area contributed by atoms with Gasteiger partial charge in [-0.15, -0.1) is 0 Å². The van der Waals surface area contributed by atoms with Crippen LogP contribution in [0.4, 0.5) is 0 Å². The van der Waals surface area contributed by atoms with Gasteiger partial charge in [-0.2, -0.15) is 0 Å². The van der Waals surface area contributed by atoms with Crippen LogP contribution in [0.3, 0.4) is 0 Å². The molecule has 0 spiro atoms. The van der Waals surface area contributed by atoms with E-state index in [0.29, 0.717) is 11.6 Å². The quantitative estimate of drug-likeness (QED) is 0.770. The largest absolute Gasteiger partial charge is 0.326 e. The molecular weight excluding hydrogens is 184 g/mol. The number of nitrogens with two attached hydrogens (primary N) is 1. The Morgan fingerprint density at radius 2 is 1.60 bits per heavy atom. The van der Waals surface area contributed by atoms with Gasteiger partial charge in [0.05, 0.1) is 0 Å². The van der Waals surface area contributed by atoms with E-state index < -0.39 is 0 Å². The molecule has 1 unspecified atom stereocenters. The van der Waals surface area contributed by atoms with Gasteiger partial charge in [0, 0.05) is 11.6 Å². The van der Waals surface area contributed by atoms with Crippen LogP contribution in [0.1, 0.15) is 51.4 Å². The van der Waals surface area contributed by atoms with Crippen LogP contribution in [-0.2, 0) is 0 Å². The maximum atomic E-state index is 6.56. The van der Waals surface area contributed by atoms with E-state index in [2.05, 4.69) is 4.90 Å². The van der Waals surface area contributed by atoms with Crippen molar-refractivity contribution in [2.75, 3.05) is 13.1 Å². The molecule has 3 rings (SSSR count). The van der Waals surface area contributed by atoms with E-state index in [1.54, 1.807) is 0 Å². The number of hydrogen-bond acceptors (Lipinski definition) is 2. The molecule has 2 aliphatic carbocycles. The van der Waals surface area contributed by atoms with Gasteiger partial charge in [0.1, 0.15) is 0 Å². The second-order valence-corrected chi connectivity index (χ2v) is 5.87. The van der Waals surface area contributed by atoms with Gasteiger partial charge in [-0.3, -0.25) is 4.90 Å². The Morgan fingerprint density at radius 1 is 1.00 bits per heavy atom. The Balaban J connectivity index is 1.79. The summed E-state index contributed by atoms with van der Waals surface area (Å²) in [5.41, 5.74) is 6.99. The molecule has 1 aliphatic heterocycles. The van der Waals surface area contributed by atoms with E-state index in [4.69, 9.17) is 5.73 Å². The van der Waals surface area contributed by atoms with Crippen molar-refractivity contribution in [2.24, 2.45) is 11.7 Å². The number of likely N-dealkylation sites (tertiary alicyclic amines) is 1. The molecule has 0 aromatic heterocycles. The standard InChI is InChI=1S/C13H24N2/c14-12(11-5-6-11)13(7-1-2-8-13)15-9-3-4-10-15/h11-12H,1-10,14H2. The Kier molecular flexibility index (Phi) is 2.52. The molecule has 1 saturated heterocycles. The minimum Gasteiger partial charge on any atom is -0.326 e. The van der Waals surface area contributed by atoms with Gasteiger partial charge in [-0.25, -0.2) is 0 Å². The van der Waals surface area contributed by atoms with Crippen molar-refractivity contribution in [1.29, 1.82) is 0 Å². The van der Waals surface area contributed by atoms with Gasteiger partial charge in [0.15, 0.2) is 0 Å². The van der Waals surface area contributed by atoms with Gasteiger partial charge in [-0.05, 0) is 57.5 Å². The first kappa shape index (κ1) is 10.1. The highest BCUT2D eigenvalue weighted by Gasteiger charge is 2.49. The van der Waals surface area contributed by atoms with Crippen LogP contribution in [0.15, 0.2) is 0 Å². The zero-order valence-electron chi connectivity index (χ0n) is 9.75. The fourth-order valence-corrected chi connectivity index (χ4v) is 3.90. The van der Waals surface area contributed by atoms with Crippen LogP contribution >= 0.6 is 0 Å². The molecule has 15 heavy (non-hydrogen) atoms. The molecule has 2 saturated carbocycles. The molecule has 0 aromatic carbocycles. The lowest BCUT2D eigenvalue weighted by atomic mass is 9.84.